The maximum Gasteiger partial charge on any atom is 0.305 e. The maximum absolute atomic E-state index is 13.9. The van der Waals surface area contributed by atoms with Gasteiger partial charge in [0.2, 0.25) is 5.91 Å². The zero-order chi connectivity index (χ0) is 21.8. The first kappa shape index (κ1) is 20.9. The highest BCUT2D eigenvalue weighted by atomic mass is 19.1. The molecule has 8 heteroatoms. The minimum absolute atomic E-state index is 0.0111. The van der Waals surface area contributed by atoms with Gasteiger partial charge in [0, 0.05) is 16.6 Å². The Morgan fingerprint density at radius 1 is 1.06 bits per heavy atom. The third kappa shape index (κ3) is 4.69. The number of rotatable bonds is 5. The molecule has 1 aliphatic heterocycles. The van der Waals surface area contributed by atoms with Gasteiger partial charge >= 0.3 is 5.91 Å². The van der Waals surface area contributed by atoms with E-state index in [2.05, 4.69) is 27.9 Å². The predicted molar refractivity (Wildman–Crippen MR) is 115 cm³/mol. The molecular weight excluding hydrogens is 399 g/mol. The number of piperazine rings is 1. The molecule has 31 heavy (non-hydrogen) atoms. The first-order chi connectivity index (χ1) is 15.0. The molecular formula is C23H26FN4O3+. The van der Waals surface area contributed by atoms with Gasteiger partial charge in [-0.15, -0.1) is 0 Å². The molecule has 1 aliphatic rings. The van der Waals surface area contributed by atoms with Crippen LogP contribution in [0.5, 0.6) is 0 Å². The Morgan fingerprint density at radius 2 is 1.81 bits per heavy atom. The quantitative estimate of drug-likeness (QED) is 0.541. The molecule has 2 heterocycles. The van der Waals surface area contributed by atoms with Crippen LogP contribution in [0.3, 0.4) is 0 Å². The van der Waals surface area contributed by atoms with Crippen molar-refractivity contribution in [3.8, 4) is 0 Å². The fourth-order valence-corrected chi connectivity index (χ4v) is 3.93. The van der Waals surface area contributed by atoms with Gasteiger partial charge in [-0.3, -0.25) is 20.4 Å². The number of fused-ring (bicyclic) bond motifs is 1. The van der Waals surface area contributed by atoms with E-state index >= 15 is 0 Å². The SMILES string of the molecule is Cc1c(C(=O)NNC(=O)CC[NH+]2CCN(c3ccccc3)CC2)oc2c(F)cccc12. The maximum atomic E-state index is 13.9. The number of nitrogens with zero attached hydrogens (tertiary/aromatic N) is 1. The molecule has 1 fully saturated rings. The minimum Gasteiger partial charge on any atom is -0.447 e. The third-order valence-corrected chi connectivity index (χ3v) is 5.73. The summed E-state index contributed by atoms with van der Waals surface area (Å²) in [6.45, 7) is 6.18. The summed E-state index contributed by atoms with van der Waals surface area (Å²) in [7, 11) is 0. The number of anilines is 1. The first-order valence-electron chi connectivity index (χ1n) is 10.4. The van der Waals surface area contributed by atoms with Crippen LogP contribution in [-0.4, -0.2) is 44.5 Å². The molecule has 3 N–H and O–H groups in total. The number of amides is 2. The van der Waals surface area contributed by atoms with Crippen LogP contribution in [0.15, 0.2) is 52.9 Å². The number of hydrogen-bond donors (Lipinski definition) is 3. The average molecular weight is 425 g/mol. The van der Waals surface area contributed by atoms with Crippen LogP contribution < -0.4 is 20.7 Å². The summed E-state index contributed by atoms with van der Waals surface area (Å²) in [5, 5.41) is 0.537. The molecule has 4 rings (SSSR count). The normalized spacial score (nSPS) is 14.6. The van der Waals surface area contributed by atoms with E-state index in [4.69, 9.17) is 4.42 Å². The van der Waals surface area contributed by atoms with Gasteiger partial charge in [0.05, 0.1) is 39.1 Å². The molecule has 2 amide bonds. The number of carbonyl (C=O) groups excluding carboxylic acids is 2. The average Bonchev–Trinajstić information content (AvgIpc) is 3.15. The fourth-order valence-electron chi connectivity index (χ4n) is 3.93. The summed E-state index contributed by atoms with van der Waals surface area (Å²) in [5.74, 6) is -1.42. The number of quaternary nitrogens is 1. The Hall–Kier alpha value is -3.39. The third-order valence-electron chi connectivity index (χ3n) is 5.73. The van der Waals surface area contributed by atoms with E-state index in [0.29, 0.717) is 23.9 Å². The summed E-state index contributed by atoms with van der Waals surface area (Å²) in [5.41, 5.74) is 6.58. The molecule has 162 valence electrons. The number of nitrogens with one attached hydrogen (secondary N) is 3. The van der Waals surface area contributed by atoms with Crippen molar-refractivity contribution in [2.45, 2.75) is 13.3 Å². The molecule has 0 atom stereocenters. The Morgan fingerprint density at radius 3 is 2.52 bits per heavy atom. The van der Waals surface area contributed by atoms with Crippen molar-refractivity contribution in [1.82, 2.24) is 10.9 Å². The predicted octanol–water partition coefficient (Wildman–Crippen LogP) is 1.44. The molecule has 0 unspecified atom stereocenters. The van der Waals surface area contributed by atoms with Gasteiger partial charge < -0.3 is 14.2 Å². The van der Waals surface area contributed by atoms with E-state index in [1.54, 1.807) is 19.1 Å². The molecule has 2 aromatic carbocycles. The van der Waals surface area contributed by atoms with Crippen molar-refractivity contribution in [3.63, 3.8) is 0 Å². The molecule has 1 aromatic heterocycles. The first-order valence-corrected chi connectivity index (χ1v) is 10.4. The highest BCUT2D eigenvalue weighted by molar-refractivity contribution is 5.99. The highest BCUT2D eigenvalue weighted by Crippen LogP contribution is 2.27. The largest absolute Gasteiger partial charge is 0.447 e. The van der Waals surface area contributed by atoms with Crippen LogP contribution in [0.4, 0.5) is 10.1 Å². The Kier molecular flexibility index (Phi) is 6.18. The van der Waals surface area contributed by atoms with Gasteiger partial charge in [-0.25, -0.2) is 4.39 Å². The Balaban J connectivity index is 1.23. The Labute approximate surface area is 179 Å². The van der Waals surface area contributed by atoms with Crippen LogP contribution in [0.2, 0.25) is 0 Å². The lowest BCUT2D eigenvalue weighted by Crippen LogP contribution is -3.15. The lowest BCUT2D eigenvalue weighted by molar-refractivity contribution is -0.900. The summed E-state index contributed by atoms with van der Waals surface area (Å²) >= 11 is 0. The summed E-state index contributed by atoms with van der Waals surface area (Å²) in [4.78, 5) is 28.3. The van der Waals surface area contributed by atoms with Gasteiger partial charge in [-0.1, -0.05) is 30.3 Å². The summed E-state index contributed by atoms with van der Waals surface area (Å²) < 4.78 is 19.2. The molecule has 0 aliphatic carbocycles. The smallest absolute Gasteiger partial charge is 0.305 e. The monoisotopic (exact) mass is 425 g/mol. The van der Waals surface area contributed by atoms with Gasteiger partial charge in [-0.05, 0) is 25.1 Å². The number of halogens is 1. The van der Waals surface area contributed by atoms with Crippen molar-refractivity contribution in [2.24, 2.45) is 0 Å². The van der Waals surface area contributed by atoms with Crippen LogP contribution in [0.1, 0.15) is 22.5 Å². The summed E-state index contributed by atoms with van der Waals surface area (Å²) in [6, 6.07) is 14.8. The second-order valence-electron chi connectivity index (χ2n) is 7.75. The Bertz CT molecular complexity index is 1080. The number of furan rings is 1. The van der Waals surface area contributed by atoms with Crippen LogP contribution in [0, 0.1) is 12.7 Å². The van der Waals surface area contributed by atoms with Gasteiger partial charge in [0.1, 0.15) is 0 Å². The van der Waals surface area contributed by atoms with Gasteiger partial charge in [0.15, 0.2) is 17.2 Å². The van der Waals surface area contributed by atoms with Crippen LogP contribution >= 0.6 is 0 Å². The van der Waals surface area contributed by atoms with Crippen molar-refractivity contribution in [1.29, 1.82) is 0 Å². The second-order valence-corrected chi connectivity index (χ2v) is 7.75. The van der Waals surface area contributed by atoms with E-state index in [9.17, 15) is 14.0 Å². The number of para-hydroxylation sites is 2. The van der Waals surface area contributed by atoms with E-state index in [1.807, 2.05) is 18.2 Å². The van der Waals surface area contributed by atoms with Crippen molar-refractivity contribution in [3.05, 3.63) is 65.7 Å². The molecule has 0 bridgehead atoms. The lowest BCUT2D eigenvalue weighted by atomic mass is 10.1. The van der Waals surface area contributed by atoms with Crippen LogP contribution in [0.25, 0.3) is 11.0 Å². The second kappa shape index (κ2) is 9.18. The number of carbonyl (C=O) groups is 2. The van der Waals surface area contributed by atoms with Crippen molar-refractivity contribution in [2.75, 3.05) is 37.6 Å². The van der Waals surface area contributed by atoms with E-state index in [1.165, 1.54) is 16.7 Å². The number of hydrogen-bond acceptors (Lipinski definition) is 4. The number of hydrazine groups is 1. The van der Waals surface area contributed by atoms with Crippen LogP contribution in [-0.2, 0) is 4.79 Å². The topological polar surface area (TPSA) is 79.0 Å². The highest BCUT2D eigenvalue weighted by Gasteiger charge is 2.22. The molecule has 0 radical (unpaired) electrons. The van der Waals surface area contributed by atoms with E-state index in [-0.39, 0.29) is 17.3 Å². The van der Waals surface area contributed by atoms with Crippen molar-refractivity contribution < 1.29 is 23.3 Å². The van der Waals surface area contributed by atoms with E-state index < -0.39 is 11.7 Å². The minimum atomic E-state index is -0.606. The molecule has 0 saturated carbocycles. The molecule has 7 nitrogen and oxygen atoms in total. The number of aryl methyl sites for hydroxylation is 1. The van der Waals surface area contributed by atoms with E-state index in [0.717, 1.165) is 26.2 Å². The van der Waals surface area contributed by atoms with Crippen molar-refractivity contribution >= 4 is 28.5 Å². The standard InChI is InChI=1S/C23H25FN4O3/c1-16-18-8-5-9-19(24)22(18)31-21(16)23(30)26-25-20(29)10-11-27-12-14-28(15-13-27)17-6-3-2-4-7-17/h2-9H,10-15H2,1H3,(H,25,29)(H,26,30)/p+1. The number of benzene rings is 2. The molecule has 0 spiro atoms. The molecule has 1 saturated heterocycles. The zero-order valence-corrected chi connectivity index (χ0v) is 17.4. The summed E-state index contributed by atoms with van der Waals surface area (Å²) in [6.07, 6.45) is 0.300. The zero-order valence-electron chi connectivity index (χ0n) is 17.4. The lowest BCUT2D eigenvalue weighted by Gasteiger charge is -2.33. The van der Waals surface area contributed by atoms with Gasteiger partial charge in [0.25, 0.3) is 0 Å². The molecule has 3 aromatic rings. The fraction of sp³-hybridized carbons (Fsp3) is 0.304. The van der Waals surface area contributed by atoms with Gasteiger partial charge in [-0.2, -0.15) is 0 Å².